The van der Waals surface area contributed by atoms with E-state index in [0.717, 1.165) is 21.8 Å². The largest absolute Gasteiger partial charge is 0.493 e. The van der Waals surface area contributed by atoms with Crippen molar-refractivity contribution in [3.8, 4) is 11.5 Å². The van der Waals surface area contributed by atoms with Gasteiger partial charge in [-0.1, -0.05) is 12.2 Å². The lowest BCUT2D eigenvalue weighted by Gasteiger charge is -2.29. The van der Waals surface area contributed by atoms with Crippen molar-refractivity contribution < 1.29 is 23.8 Å². The van der Waals surface area contributed by atoms with E-state index in [4.69, 9.17) is 26.4 Å². The lowest BCUT2D eigenvalue weighted by molar-refractivity contribution is -0.141. The van der Waals surface area contributed by atoms with Crippen LogP contribution in [0, 0.1) is 6.92 Å². The van der Waals surface area contributed by atoms with Crippen LogP contribution in [0.2, 0.25) is 0 Å². The van der Waals surface area contributed by atoms with Crippen LogP contribution >= 0.6 is 24.0 Å². The van der Waals surface area contributed by atoms with Crippen molar-refractivity contribution >= 4 is 47.0 Å². The second-order valence-electron chi connectivity index (χ2n) is 5.62. The van der Waals surface area contributed by atoms with E-state index in [-0.39, 0.29) is 12.5 Å². The molecule has 0 N–H and O–H groups in total. The Morgan fingerprint density at radius 2 is 2.08 bits per heavy atom. The summed E-state index contributed by atoms with van der Waals surface area (Å²) in [5.74, 6) is 0.991. The molecular formula is C18H21NO5S2. The molecule has 6 nitrogen and oxygen atoms in total. The number of hydrogen-bond acceptors (Lipinski definition) is 7. The van der Waals surface area contributed by atoms with Crippen molar-refractivity contribution in [2.24, 2.45) is 0 Å². The number of benzene rings is 1. The van der Waals surface area contributed by atoms with E-state index < -0.39 is 5.97 Å². The maximum absolute atomic E-state index is 11.5. The smallest absolute Gasteiger partial charge is 0.325 e. The zero-order valence-electron chi connectivity index (χ0n) is 15.2. The Kier molecular flexibility index (Phi) is 7.05. The molecule has 0 aliphatic carbocycles. The van der Waals surface area contributed by atoms with Gasteiger partial charge in [0.25, 0.3) is 0 Å². The topological polar surface area (TPSA) is 65.1 Å². The molecule has 1 aromatic carbocycles. The summed E-state index contributed by atoms with van der Waals surface area (Å²) in [5, 5.41) is 0. The van der Waals surface area contributed by atoms with E-state index in [1.165, 1.54) is 21.1 Å². The Morgan fingerprint density at radius 1 is 1.35 bits per heavy atom. The number of esters is 2. The van der Waals surface area contributed by atoms with Gasteiger partial charge in [-0.3, -0.25) is 9.59 Å². The minimum Gasteiger partial charge on any atom is -0.493 e. The molecule has 1 heterocycles. The minimum atomic E-state index is -0.403. The minimum absolute atomic E-state index is 0.140. The molecule has 0 atom stereocenters. The molecule has 0 saturated carbocycles. The van der Waals surface area contributed by atoms with Crippen LogP contribution in [0.25, 0.3) is 6.08 Å². The molecule has 1 fully saturated rings. The number of carbonyl (C=O) groups excluding carboxylic acids is 2. The third-order valence-electron chi connectivity index (χ3n) is 3.69. The number of aryl methyl sites for hydroxylation is 1. The highest BCUT2D eigenvalue weighted by atomic mass is 32.2. The van der Waals surface area contributed by atoms with Crippen molar-refractivity contribution in [2.75, 3.05) is 33.1 Å². The highest BCUT2D eigenvalue weighted by molar-refractivity contribution is 8.05. The average Bonchev–Trinajstić information content (AvgIpc) is 2.60. The Morgan fingerprint density at radius 3 is 2.69 bits per heavy atom. The fourth-order valence-corrected chi connectivity index (χ4v) is 3.88. The van der Waals surface area contributed by atoms with Crippen molar-refractivity contribution in [2.45, 2.75) is 13.8 Å². The van der Waals surface area contributed by atoms with Gasteiger partial charge in [-0.15, -0.1) is 11.8 Å². The number of nitrogens with zero attached hydrogens (tertiary/aromatic N) is 1. The second kappa shape index (κ2) is 9.05. The summed E-state index contributed by atoms with van der Waals surface area (Å²) >= 11 is 7.16. The number of thioether (sulfide) groups is 1. The molecule has 0 unspecified atom stereocenters. The molecule has 1 aromatic rings. The summed E-state index contributed by atoms with van der Waals surface area (Å²) in [6.07, 6.45) is 1.95. The maximum atomic E-state index is 11.5. The first-order chi connectivity index (χ1) is 12.3. The summed E-state index contributed by atoms with van der Waals surface area (Å²) in [6, 6.07) is 3.69. The van der Waals surface area contributed by atoms with Crippen molar-refractivity contribution in [3.63, 3.8) is 0 Å². The van der Waals surface area contributed by atoms with Crippen LogP contribution in [0.15, 0.2) is 17.0 Å². The summed E-state index contributed by atoms with van der Waals surface area (Å²) in [7, 11) is 2.89. The Bertz CT molecular complexity index is 760. The van der Waals surface area contributed by atoms with Gasteiger partial charge >= 0.3 is 11.9 Å². The van der Waals surface area contributed by atoms with Gasteiger partial charge in [-0.05, 0) is 36.3 Å². The number of hydrogen-bond donors (Lipinski definition) is 0. The third kappa shape index (κ3) is 4.98. The van der Waals surface area contributed by atoms with Gasteiger partial charge in [-0.25, -0.2) is 0 Å². The van der Waals surface area contributed by atoms with Gasteiger partial charge in [0.15, 0.2) is 11.5 Å². The Balaban J connectivity index is 2.30. The van der Waals surface area contributed by atoms with Gasteiger partial charge in [-0.2, -0.15) is 0 Å². The molecule has 1 aliphatic rings. The van der Waals surface area contributed by atoms with Gasteiger partial charge in [0.1, 0.15) is 11.5 Å². The SMILES string of the molecule is COC(=O)CN1CCS/C(=C/c2cc(C)c(OC(C)=O)c(OC)c2)C1=S. The van der Waals surface area contributed by atoms with E-state index in [1.54, 1.807) is 17.8 Å². The zero-order valence-corrected chi connectivity index (χ0v) is 16.8. The molecule has 0 aromatic heterocycles. The van der Waals surface area contributed by atoms with E-state index in [2.05, 4.69) is 0 Å². The van der Waals surface area contributed by atoms with Gasteiger partial charge in [0.05, 0.1) is 14.2 Å². The van der Waals surface area contributed by atoms with Crippen LogP contribution in [0.5, 0.6) is 11.5 Å². The standard InChI is InChI=1S/C18H21NO5S2/c1-11-7-13(8-14(22-3)17(11)24-12(2)20)9-15-18(25)19(5-6-26-15)10-16(21)23-4/h7-9H,5-6,10H2,1-4H3/b15-9+. The molecule has 140 valence electrons. The number of rotatable bonds is 5. The molecule has 8 heteroatoms. The lowest BCUT2D eigenvalue weighted by Crippen LogP contribution is -2.39. The maximum Gasteiger partial charge on any atom is 0.325 e. The van der Waals surface area contributed by atoms with Crippen LogP contribution in [0.3, 0.4) is 0 Å². The second-order valence-corrected chi connectivity index (χ2v) is 7.15. The van der Waals surface area contributed by atoms with E-state index >= 15 is 0 Å². The monoisotopic (exact) mass is 395 g/mol. The molecule has 0 radical (unpaired) electrons. The van der Waals surface area contributed by atoms with E-state index in [9.17, 15) is 9.59 Å². The van der Waals surface area contributed by atoms with Crippen LogP contribution in [0.1, 0.15) is 18.1 Å². The summed E-state index contributed by atoms with van der Waals surface area (Å²) < 4.78 is 15.3. The van der Waals surface area contributed by atoms with Crippen LogP contribution in [-0.2, 0) is 14.3 Å². The number of ether oxygens (including phenoxy) is 3. The molecule has 1 aliphatic heterocycles. The first kappa shape index (κ1) is 20.3. The summed E-state index contributed by atoms with van der Waals surface area (Å²) in [4.78, 5) is 26.2. The van der Waals surface area contributed by atoms with Crippen molar-refractivity contribution in [1.82, 2.24) is 4.90 Å². The predicted molar refractivity (Wildman–Crippen MR) is 106 cm³/mol. The van der Waals surface area contributed by atoms with E-state index in [1.807, 2.05) is 24.0 Å². The molecular weight excluding hydrogens is 374 g/mol. The number of carbonyl (C=O) groups is 2. The summed E-state index contributed by atoms with van der Waals surface area (Å²) in [6.45, 7) is 4.03. The summed E-state index contributed by atoms with van der Waals surface area (Å²) in [5.41, 5.74) is 1.66. The molecule has 1 saturated heterocycles. The van der Waals surface area contributed by atoms with Gasteiger partial charge in [0.2, 0.25) is 0 Å². The number of methoxy groups -OCH3 is 2. The van der Waals surface area contributed by atoms with Gasteiger partial charge < -0.3 is 19.1 Å². The average molecular weight is 396 g/mol. The van der Waals surface area contributed by atoms with Crippen LogP contribution in [0.4, 0.5) is 0 Å². The molecule has 2 rings (SSSR count). The van der Waals surface area contributed by atoms with Crippen molar-refractivity contribution in [1.29, 1.82) is 0 Å². The first-order valence-corrected chi connectivity index (χ1v) is 9.32. The fourth-order valence-electron chi connectivity index (χ4n) is 2.49. The highest BCUT2D eigenvalue weighted by Crippen LogP contribution is 2.35. The molecule has 0 bridgehead atoms. The number of thiocarbonyl (C=S) groups is 1. The van der Waals surface area contributed by atoms with E-state index in [0.29, 0.717) is 23.0 Å². The zero-order chi connectivity index (χ0) is 19.3. The molecule has 0 spiro atoms. The first-order valence-electron chi connectivity index (χ1n) is 7.93. The third-order valence-corrected chi connectivity index (χ3v) is 5.31. The quantitative estimate of drug-likeness (QED) is 0.326. The lowest BCUT2D eigenvalue weighted by atomic mass is 10.1. The predicted octanol–water partition coefficient (Wildman–Crippen LogP) is 2.82. The highest BCUT2D eigenvalue weighted by Gasteiger charge is 2.23. The molecule has 0 amide bonds. The normalized spacial score (nSPS) is 15.8. The van der Waals surface area contributed by atoms with Gasteiger partial charge in [0, 0.05) is 24.1 Å². The fraction of sp³-hybridized carbons (Fsp3) is 0.389. The Labute approximate surface area is 162 Å². The van der Waals surface area contributed by atoms with Crippen LogP contribution in [-0.4, -0.2) is 54.9 Å². The molecule has 26 heavy (non-hydrogen) atoms. The van der Waals surface area contributed by atoms with Crippen molar-refractivity contribution in [3.05, 3.63) is 28.2 Å². The Hall–Kier alpha value is -2.06. The van der Waals surface area contributed by atoms with Crippen LogP contribution < -0.4 is 9.47 Å².